The maximum atomic E-state index is 11.8. The van der Waals surface area contributed by atoms with E-state index in [2.05, 4.69) is 6.92 Å². The highest BCUT2D eigenvalue weighted by Gasteiger charge is 2.48. The molecule has 0 amide bonds. The Kier molecular flexibility index (Phi) is 3.68. The zero-order valence-corrected chi connectivity index (χ0v) is 12.9. The molecular formula is C18H24O3. The molecule has 0 saturated heterocycles. The Morgan fingerprint density at radius 2 is 1.90 bits per heavy atom. The van der Waals surface area contributed by atoms with Crippen molar-refractivity contribution in [1.82, 2.24) is 0 Å². The predicted molar refractivity (Wildman–Crippen MR) is 81.9 cm³/mol. The first-order chi connectivity index (χ1) is 10.0. The zero-order valence-electron chi connectivity index (χ0n) is 12.9. The molecule has 2 aliphatic rings. The first-order valence-electron chi connectivity index (χ1n) is 8.01. The molecule has 3 rings (SSSR count). The van der Waals surface area contributed by atoms with E-state index in [1.165, 1.54) is 24.8 Å². The summed E-state index contributed by atoms with van der Waals surface area (Å²) in [4.78, 5) is 11.8. The lowest BCUT2D eigenvalue weighted by Crippen LogP contribution is -2.42. The number of carbonyl (C=O) groups is 1. The fraction of sp³-hybridized carbons (Fsp3) is 0.611. The van der Waals surface area contributed by atoms with Gasteiger partial charge in [0.1, 0.15) is 5.75 Å². The van der Waals surface area contributed by atoms with Gasteiger partial charge in [-0.25, -0.2) is 0 Å². The molecule has 0 heterocycles. The quantitative estimate of drug-likeness (QED) is 0.891. The van der Waals surface area contributed by atoms with E-state index in [1.54, 1.807) is 0 Å². The summed E-state index contributed by atoms with van der Waals surface area (Å²) in [6.45, 7) is 4.83. The summed E-state index contributed by atoms with van der Waals surface area (Å²) in [6.07, 6.45) is 6.22. The number of carboxylic acid groups (broad SMARTS) is 1. The first-order valence-corrected chi connectivity index (χ1v) is 8.01. The van der Waals surface area contributed by atoms with E-state index in [-0.39, 0.29) is 0 Å². The van der Waals surface area contributed by atoms with E-state index in [0.717, 1.165) is 42.7 Å². The van der Waals surface area contributed by atoms with E-state index in [1.807, 2.05) is 19.1 Å². The van der Waals surface area contributed by atoms with Crippen LogP contribution >= 0.6 is 0 Å². The van der Waals surface area contributed by atoms with Crippen molar-refractivity contribution in [3.8, 4) is 5.75 Å². The first kappa shape index (κ1) is 14.4. The van der Waals surface area contributed by atoms with Gasteiger partial charge in [-0.3, -0.25) is 4.79 Å². The third-order valence-electron chi connectivity index (χ3n) is 5.43. The highest BCUT2D eigenvalue weighted by atomic mass is 16.5. The number of aliphatic carboxylic acids is 1. The van der Waals surface area contributed by atoms with E-state index in [4.69, 9.17) is 4.74 Å². The Bertz CT molecular complexity index is 554. The van der Waals surface area contributed by atoms with Crippen molar-refractivity contribution in [3.63, 3.8) is 0 Å². The average Bonchev–Trinajstić information content (AvgIpc) is 2.30. The Balaban J connectivity index is 1.92. The van der Waals surface area contributed by atoms with Crippen LogP contribution in [-0.2, 0) is 10.2 Å². The number of rotatable bonds is 5. The molecule has 1 aromatic rings. The summed E-state index contributed by atoms with van der Waals surface area (Å²) in [5.41, 5.74) is 2.49. The van der Waals surface area contributed by atoms with Crippen LogP contribution in [0.25, 0.3) is 0 Å². The van der Waals surface area contributed by atoms with Crippen LogP contribution in [0, 0.1) is 19.8 Å². The van der Waals surface area contributed by atoms with E-state index in [9.17, 15) is 9.90 Å². The van der Waals surface area contributed by atoms with Gasteiger partial charge in [0, 0.05) is 5.56 Å². The molecule has 1 aromatic carbocycles. The van der Waals surface area contributed by atoms with E-state index >= 15 is 0 Å². The SMILES string of the molecule is Cc1cc(OCC2CCC2)c(C2(C(=O)O)CCC2)cc1C. The van der Waals surface area contributed by atoms with Crippen molar-refractivity contribution in [2.45, 2.75) is 57.8 Å². The second-order valence-electron chi connectivity index (χ2n) is 6.78. The Labute approximate surface area is 126 Å². The topological polar surface area (TPSA) is 46.5 Å². The number of hydrogen-bond acceptors (Lipinski definition) is 2. The lowest BCUT2D eigenvalue weighted by atomic mass is 9.64. The molecule has 0 aliphatic heterocycles. The molecule has 1 N–H and O–H groups in total. The third-order valence-corrected chi connectivity index (χ3v) is 5.43. The lowest BCUT2D eigenvalue weighted by Gasteiger charge is -2.39. The molecule has 3 heteroatoms. The number of benzene rings is 1. The number of ether oxygens (including phenoxy) is 1. The summed E-state index contributed by atoms with van der Waals surface area (Å²) >= 11 is 0. The van der Waals surface area contributed by atoms with Gasteiger partial charge in [0.15, 0.2) is 0 Å². The van der Waals surface area contributed by atoms with Gasteiger partial charge in [0.25, 0.3) is 0 Å². The molecule has 114 valence electrons. The minimum Gasteiger partial charge on any atom is -0.493 e. The second kappa shape index (κ2) is 5.36. The van der Waals surface area contributed by atoms with Crippen LogP contribution in [0.15, 0.2) is 12.1 Å². The Morgan fingerprint density at radius 3 is 2.38 bits per heavy atom. The lowest BCUT2D eigenvalue weighted by molar-refractivity contribution is -0.147. The largest absolute Gasteiger partial charge is 0.493 e. The second-order valence-corrected chi connectivity index (χ2v) is 6.78. The molecule has 2 fully saturated rings. The molecule has 21 heavy (non-hydrogen) atoms. The Hall–Kier alpha value is -1.51. The fourth-order valence-electron chi connectivity index (χ4n) is 3.28. The number of hydrogen-bond donors (Lipinski definition) is 1. The molecular weight excluding hydrogens is 264 g/mol. The average molecular weight is 288 g/mol. The normalized spacial score (nSPS) is 20.5. The summed E-state index contributed by atoms with van der Waals surface area (Å²) in [5.74, 6) is 0.749. The molecule has 0 radical (unpaired) electrons. The van der Waals surface area contributed by atoms with Crippen LogP contribution in [0.5, 0.6) is 5.75 Å². The van der Waals surface area contributed by atoms with Gasteiger partial charge in [-0.15, -0.1) is 0 Å². The predicted octanol–water partition coefficient (Wildman–Crippen LogP) is 3.99. The van der Waals surface area contributed by atoms with Crippen LogP contribution in [0.4, 0.5) is 0 Å². The Morgan fingerprint density at radius 1 is 1.24 bits per heavy atom. The van der Waals surface area contributed by atoms with Crippen LogP contribution in [0.1, 0.15) is 55.2 Å². The third kappa shape index (κ3) is 2.43. The zero-order chi connectivity index (χ0) is 15.0. The smallest absolute Gasteiger partial charge is 0.314 e. The fourth-order valence-corrected chi connectivity index (χ4v) is 3.28. The van der Waals surface area contributed by atoms with Crippen LogP contribution < -0.4 is 4.74 Å². The summed E-state index contributed by atoms with van der Waals surface area (Å²) in [5, 5.41) is 9.70. The van der Waals surface area contributed by atoms with Crippen molar-refractivity contribution < 1.29 is 14.6 Å². The minimum absolute atomic E-state index is 0.654. The molecule has 0 bridgehead atoms. The van der Waals surface area contributed by atoms with Gasteiger partial charge >= 0.3 is 5.97 Å². The highest BCUT2D eigenvalue weighted by molar-refractivity contribution is 5.84. The van der Waals surface area contributed by atoms with Crippen molar-refractivity contribution in [3.05, 3.63) is 28.8 Å². The van der Waals surface area contributed by atoms with Crippen molar-refractivity contribution in [1.29, 1.82) is 0 Å². The maximum absolute atomic E-state index is 11.8. The van der Waals surface area contributed by atoms with Gasteiger partial charge in [-0.1, -0.05) is 18.9 Å². The highest BCUT2D eigenvalue weighted by Crippen LogP contribution is 2.48. The van der Waals surface area contributed by atoms with Gasteiger partial charge < -0.3 is 9.84 Å². The van der Waals surface area contributed by atoms with Gasteiger partial charge in [-0.2, -0.15) is 0 Å². The van der Waals surface area contributed by atoms with E-state index in [0.29, 0.717) is 5.92 Å². The summed E-state index contributed by atoms with van der Waals surface area (Å²) < 4.78 is 6.05. The molecule has 0 atom stereocenters. The van der Waals surface area contributed by atoms with Crippen LogP contribution in [0.3, 0.4) is 0 Å². The van der Waals surface area contributed by atoms with Gasteiger partial charge in [-0.05, 0) is 62.6 Å². The number of carboxylic acids is 1. The van der Waals surface area contributed by atoms with E-state index < -0.39 is 11.4 Å². The summed E-state index contributed by atoms with van der Waals surface area (Å²) in [7, 11) is 0. The number of aryl methyl sites for hydroxylation is 2. The van der Waals surface area contributed by atoms with Crippen LogP contribution in [0.2, 0.25) is 0 Å². The molecule has 0 unspecified atom stereocenters. The standard InChI is InChI=1S/C18H24O3/c1-12-9-15(18(17(19)20)7-4-8-18)16(10-13(12)2)21-11-14-5-3-6-14/h9-10,14H,3-8,11H2,1-2H3,(H,19,20). The maximum Gasteiger partial charge on any atom is 0.314 e. The molecule has 3 nitrogen and oxygen atoms in total. The monoisotopic (exact) mass is 288 g/mol. The van der Waals surface area contributed by atoms with Gasteiger partial charge in [0.2, 0.25) is 0 Å². The molecule has 0 aromatic heterocycles. The minimum atomic E-state index is -0.715. The summed E-state index contributed by atoms with van der Waals surface area (Å²) in [6, 6.07) is 4.07. The van der Waals surface area contributed by atoms with Crippen LogP contribution in [-0.4, -0.2) is 17.7 Å². The molecule has 2 saturated carbocycles. The van der Waals surface area contributed by atoms with Crippen molar-refractivity contribution in [2.24, 2.45) is 5.92 Å². The molecule has 0 spiro atoms. The molecule has 2 aliphatic carbocycles. The van der Waals surface area contributed by atoms with Crippen molar-refractivity contribution >= 4 is 5.97 Å². The van der Waals surface area contributed by atoms with Crippen molar-refractivity contribution in [2.75, 3.05) is 6.61 Å². The van der Waals surface area contributed by atoms with Gasteiger partial charge in [0.05, 0.1) is 12.0 Å².